The van der Waals surface area contributed by atoms with E-state index in [2.05, 4.69) is 0 Å². The van der Waals surface area contributed by atoms with Crippen LogP contribution in [0.2, 0.25) is 0 Å². The maximum absolute atomic E-state index is 12.9. The largest absolute Gasteiger partial charge is 0.274 e. The predicted octanol–water partition coefficient (Wildman–Crippen LogP) is 2.74. The van der Waals surface area contributed by atoms with Crippen LogP contribution in [0.1, 0.15) is 31.4 Å². The summed E-state index contributed by atoms with van der Waals surface area (Å²) in [5.74, 6) is -0.975. The van der Waals surface area contributed by atoms with Crippen LogP contribution in [0.3, 0.4) is 0 Å². The standard InChI is InChI=1S/C19H19NO4S/c1-14(15-8-4-2-5-9-15)20-18(21)13-12-17(19(20)22)25(23,24)16-10-6-3-7-11-16/h2-11,14,17H,12-13H2,1H3/t14-,17?/m0/s1. The molecule has 3 rings (SSSR count). The molecule has 25 heavy (non-hydrogen) atoms. The van der Waals surface area contributed by atoms with Crippen molar-refractivity contribution >= 4 is 21.7 Å². The highest BCUT2D eigenvalue weighted by atomic mass is 32.2. The lowest BCUT2D eigenvalue weighted by Crippen LogP contribution is -2.51. The Morgan fingerprint density at radius 1 is 0.960 bits per heavy atom. The van der Waals surface area contributed by atoms with Crippen molar-refractivity contribution in [3.05, 3.63) is 66.2 Å². The Kier molecular flexibility index (Phi) is 4.72. The average molecular weight is 357 g/mol. The van der Waals surface area contributed by atoms with Gasteiger partial charge in [0.15, 0.2) is 9.84 Å². The summed E-state index contributed by atoms with van der Waals surface area (Å²) in [7, 11) is -3.83. The summed E-state index contributed by atoms with van der Waals surface area (Å²) in [5, 5.41) is -1.22. The molecule has 0 bridgehead atoms. The normalized spacial score (nSPS) is 19.7. The van der Waals surface area contributed by atoms with Gasteiger partial charge in [-0.15, -0.1) is 0 Å². The van der Waals surface area contributed by atoms with Gasteiger partial charge in [-0.05, 0) is 31.0 Å². The quantitative estimate of drug-likeness (QED) is 0.789. The Morgan fingerprint density at radius 3 is 2.12 bits per heavy atom. The van der Waals surface area contributed by atoms with Crippen molar-refractivity contribution in [1.29, 1.82) is 0 Å². The van der Waals surface area contributed by atoms with E-state index in [1.807, 2.05) is 30.3 Å². The number of carbonyl (C=O) groups is 2. The van der Waals surface area contributed by atoms with Crippen LogP contribution in [0.25, 0.3) is 0 Å². The zero-order chi connectivity index (χ0) is 18.0. The number of piperidine rings is 1. The van der Waals surface area contributed by atoms with E-state index in [0.29, 0.717) is 0 Å². The van der Waals surface area contributed by atoms with E-state index in [9.17, 15) is 18.0 Å². The van der Waals surface area contributed by atoms with Gasteiger partial charge in [0.1, 0.15) is 5.25 Å². The van der Waals surface area contributed by atoms with Gasteiger partial charge in [-0.25, -0.2) is 8.42 Å². The van der Waals surface area contributed by atoms with Gasteiger partial charge >= 0.3 is 0 Å². The molecule has 0 N–H and O–H groups in total. The van der Waals surface area contributed by atoms with Gasteiger partial charge in [0.2, 0.25) is 11.8 Å². The van der Waals surface area contributed by atoms with E-state index in [-0.39, 0.29) is 23.6 Å². The van der Waals surface area contributed by atoms with Crippen molar-refractivity contribution in [3.8, 4) is 0 Å². The average Bonchev–Trinajstić information content (AvgIpc) is 2.63. The van der Waals surface area contributed by atoms with Crippen molar-refractivity contribution < 1.29 is 18.0 Å². The Morgan fingerprint density at radius 2 is 1.52 bits per heavy atom. The number of nitrogens with zero attached hydrogens (tertiary/aromatic N) is 1. The molecule has 0 saturated carbocycles. The SMILES string of the molecule is C[C@@H](c1ccccc1)N1C(=O)CCC(S(=O)(=O)c2ccccc2)C1=O. The number of rotatable bonds is 4. The van der Waals surface area contributed by atoms with Crippen molar-refractivity contribution in [1.82, 2.24) is 4.90 Å². The maximum atomic E-state index is 12.9. The highest BCUT2D eigenvalue weighted by Gasteiger charge is 2.44. The first-order chi connectivity index (χ1) is 11.9. The Bertz CT molecular complexity index is 878. The van der Waals surface area contributed by atoms with Gasteiger partial charge in [-0.1, -0.05) is 48.5 Å². The molecule has 1 unspecified atom stereocenters. The smallest absolute Gasteiger partial charge is 0.248 e. The highest BCUT2D eigenvalue weighted by molar-refractivity contribution is 7.92. The lowest BCUT2D eigenvalue weighted by atomic mass is 10.0. The second kappa shape index (κ2) is 6.80. The summed E-state index contributed by atoms with van der Waals surface area (Å²) in [5.41, 5.74) is 0.793. The summed E-state index contributed by atoms with van der Waals surface area (Å²) in [6.45, 7) is 1.74. The van der Waals surface area contributed by atoms with E-state index >= 15 is 0 Å². The molecule has 2 aromatic rings. The summed E-state index contributed by atoms with van der Waals surface area (Å²) in [6.07, 6.45) is 0.0621. The third-order valence-electron chi connectivity index (χ3n) is 4.52. The number of carbonyl (C=O) groups excluding carboxylic acids is 2. The minimum atomic E-state index is -3.83. The number of amides is 2. The van der Waals surface area contributed by atoms with E-state index in [1.54, 1.807) is 25.1 Å². The van der Waals surface area contributed by atoms with Gasteiger partial charge in [-0.3, -0.25) is 14.5 Å². The molecule has 2 aromatic carbocycles. The van der Waals surface area contributed by atoms with Crippen molar-refractivity contribution in [3.63, 3.8) is 0 Å². The molecule has 0 radical (unpaired) electrons. The number of sulfone groups is 1. The van der Waals surface area contributed by atoms with Crippen LogP contribution >= 0.6 is 0 Å². The monoisotopic (exact) mass is 357 g/mol. The van der Waals surface area contributed by atoms with Crippen LogP contribution in [0.15, 0.2) is 65.6 Å². The third-order valence-corrected chi connectivity index (χ3v) is 6.63. The van der Waals surface area contributed by atoms with Gasteiger partial charge in [0.05, 0.1) is 10.9 Å². The first-order valence-electron chi connectivity index (χ1n) is 8.12. The fraction of sp³-hybridized carbons (Fsp3) is 0.263. The molecule has 0 aliphatic carbocycles. The number of imide groups is 1. The molecule has 1 aliphatic rings. The molecular formula is C19H19NO4S. The molecule has 5 nitrogen and oxygen atoms in total. The molecule has 1 heterocycles. The number of benzene rings is 2. The zero-order valence-electron chi connectivity index (χ0n) is 13.8. The first kappa shape index (κ1) is 17.4. The molecule has 2 atom stereocenters. The van der Waals surface area contributed by atoms with Crippen LogP contribution in [0.5, 0.6) is 0 Å². The van der Waals surface area contributed by atoms with Crippen LogP contribution in [-0.4, -0.2) is 30.4 Å². The molecule has 0 spiro atoms. The van der Waals surface area contributed by atoms with Crippen LogP contribution in [0.4, 0.5) is 0 Å². The minimum absolute atomic E-state index is 0.0207. The first-order valence-corrected chi connectivity index (χ1v) is 9.67. The molecule has 0 aromatic heterocycles. The van der Waals surface area contributed by atoms with Gasteiger partial charge in [0, 0.05) is 6.42 Å². The molecular weight excluding hydrogens is 338 g/mol. The second-order valence-corrected chi connectivity index (χ2v) is 8.20. The van der Waals surface area contributed by atoms with Crippen molar-refractivity contribution in [2.45, 2.75) is 36.0 Å². The molecule has 1 saturated heterocycles. The maximum Gasteiger partial charge on any atom is 0.248 e. The zero-order valence-corrected chi connectivity index (χ0v) is 14.6. The lowest BCUT2D eigenvalue weighted by Gasteiger charge is -2.34. The fourth-order valence-electron chi connectivity index (χ4n) is 3.13. The van der Waals surface area contributed by atoms with Gasteiger partial charge < -0.3 is 0 Å². The van der Waals surface area contributed by atoms with Crippen molar-refractivity contribution in [2.24, 2.45) is 0 Å². The van der Waals surface area contributed by atoms with E-state index in [1.165, 1.54) is 12.1 Å². The summed E-state index contributed by atoms with van der Waals surface area (Å²) < 4.78 is 25.7. The van der Waals surface area contributed by atoms with E-state index in [4.69, 9.17) is 0 Å². The fourth-order valence-corrected chi connectivity index (χ4v) is 4.80. The van der Waals surface area contributed by atoms with Crippen LogP contribution in [-0.2, 0) is 19.4 Å². The summed E-state index contributed by atoms with van der Waals surface area (Å²) in [4.78, 5) is 26.4. The predicted molar refractivity (Wildman–Crippen MR) is 93.4 cm³/mol. The Balaban J connectivity index is 1.94. The highest BCUT2D eigenvalue weighted by Crippen LogP contribution is 2.31. The number of hydrogen-bond acceptors (Lipinski definition) is 4. The van der Waals surface area contributed by atoms with Crippen LogP contribution < -0.4 is 0 Å². The lowest BCUT2D eigenvalue weighted by molar-refractivity contribution is -0.150. The molecule has 6 heteroatoms. The topological polar surface area (TPSA) is 71.5 Å². The van der Waals surface area contributed by atoms with Gasteiger partial charge in [-0.2, -0.15) is 0 Å². The Labute approximate surface area is 147 Å². The summed E-state index contributed by atoms with van der Waals surface area (Å²) >= 11 is 0. The molecule has 1 aliphatic heterocycles. The van der Waals surface area contributed by atoms with Crippen LogP contribution in [0, 0.1) is 0 Å². The minimum Gasteiger partial charge on any atom is -0.274 e. The molecule has 1 fully saturated rings. The van der Waals surface area contributed by atoms with Crippen molar-refractivity contribution in [2.75, 3.05) is 0 Å². The second-order valence-electron chi connectivity index (χ2n) is 6.07. The summed E-state index contributed by atoms with van der Waals surface area (Å²) in [6, 6.07) is 16.5. The number of likely N-dealkylation sites (tertiary alicyclic amines) is 1. The van der Waals surface area contributed by atoms with E-state index in [0.717, 1.165) is 10.5 Å². The Hall–Kier alpha value is -2.47. The number of hydrogen-bond donors (Lipinski definition) is 0. The van der Waals surface area contributed by atoms with Gasteiger partial charge in [0.25, 0.3) is 0 Å². The van der Waals surface area contributed by atoms with E-state index < -0.39 is 27.0 Å². The third kappa shape index (κ3) is 3.22. The molecule has 2 amide bonds. The molecule has 130 valence electrons.